The number of carbonyl (C=O) groups excluding carboxylic acids is 1. The first-order chi connectivity index (χ1) is 14.3. The smallest absolute Gasteiger partial charge is 0.339 e. The van der Waals surface area contributed by atoms with E-state index in [1.54, 1.807) is 18.2 Å². The van der Waals surface area contributed by atoms with Crippen molar-refractivity contribution in [2.75, 3.05) is 0 Å². The number of aryl methyl sites for hydroxylation is 1. The SMILES string of the molecule is CC(=O)c1ccc2c(c1OS(=O)(=O)c1ccc(C)cc1)CC[C@@H](c1ccccc1)C2. The number of benzene rings is 3. The van der Waals surface area contributed by atoms with E-state index in [-0.39, 0.29) is 16.4 Å². The second-order valence-corrected chi connectivity index (χ2v) is 9.38. The van der Waals surface area contributed by atoms with E-state index in [1.165, 1.54) is 24.6 Å². The van der Waals surface area contributed by atoms with Crippen LogP contribution in [-0.2, 0) is 23.0 Å². The van der Waals surface area contributed by atoms with Gasteiger partial charge >= 0.3 is 10.1 Å². The molecule has 154 valence electrons. The molecule has 4 rings (SSSR count). The fourth-order valence-corrected chi connectivity index (χ4v) is 5.04. The van der Waals surface area contributed by atoms with Crippen LogP contribution in [0, 0.1) is 6.92 Å². The Balaban J connectivity index is 1.73. The fraction of sp³-hybridized carbons (Fsp3) is 0.240. The van der Waals surface area contributed by atoms with Crippen molar-refractivity contribution in [1.82, 2.24) is 0 Å². The number of carbonyl (C=O) groups is 1. The van der Waals surface area contributed by atoms with E-state index in [2.05, 4.69) is 12.1 Å². The number of hydrogen-bond acceptors (Lipinski definition) is 4. The molecule has 1 aliphatic rings. The van der Waals surface area contributed by atoms with Crippen molar-refractivity contribution in [1.29, 1.82) is 0 Å². The summed E-state index contributed by atoms with van der Waals surface area (Å²) in [6.07, 6.45) is 2.33. The molecule has 0 saturated heterocycles. The number of fused-ring (bicyclic) bond motifs is 1. The maximum atomic E-state index is 12.9. The van der Waals surface area contributed by atoms with Gasteiger partial charge in [0.2, 0.25) is 0 Å². The fourth-order valence-electron chi connectivity index (χ4n) is 4.06. The zero-order valence-corrected chi connectivity index (χ0v) is 17.9. The summed E-state index contributed by atoms with van der Waals surface area (Å²) in [6, 6.07) is 20.5. The number of ketones is 1. The van der Waals surface area contributed by atoms with E-state index >= 15 is 0 Å². The van der Waals surface area contributed by atoms with Crippen molar-refractivity contribution in [2.24, 2.45) is 0 Å². The van der Waals surface area contributed by atoms with Crippen LogP contribution in [0.4, 0.5) is 0 Å². The molecular weight excluding hydrogens is 396 g/mol. The summed E-state index contributed by atoms with van der Waals surface area (Å²) in [6.45, 7) is 3.32. The van der Waals surface area contributed by atoms with Crippen LogP contribution >= 0.6 is 0 Å². The summed E-state index contributed by atoms with van der Waals surface area (Å²) in [7, 11) is -4.04. The molecule has 0 aliphatic heterocycles. The number of hydrogen-bond donors (Lipinski definition) is 0. The lowest BCUT2D eigenvalue weighted by molar-refractivity contribution is 0.101. The molecule has 3 aromatic carbocycles. The zero-order chi connectivity index (χ0) is 21.3. The van der Waals surface area contributed by atoms with E-state index in [0.717, 1.165) is 29.5 Å². The molecular formula is C25H24O4S. The molecule has 0 fully saturated rings. The second-order valence-electron chi connectivity index (χ2n) is 7.84. The molecule has 0 saturated carbocycles. The number of rotatable bonds is 5. The maximum Gasteiger partial charge on any atom is 0.339 e. The Kier molecular flexibility index (Phi) is 5.48. The first-order valence-electron chi connectivity index (χ1n) is 10.1. The van der Waals surface area contributed by atoms with E-state index in [0.29, 0.717) is 17.9 Å². The van der Waals surface area contributed by atoms with Gasteiger partial charge in [0.25, 0.3) is 0 Å². The summed E-state index contributed by atoms with van der Waals surface area (Å²) in [5.41, 5.74) is 4.40. The molecule has 4 nitrogen and oxygen atoms in total. The average molecular weight is 421 g/mol. The van der Waals surface area contributed by atoms with E-state index in [4.69, 9.17) is 4.18 Å². The van der Waals surface area contributed by atoms with Crippen LogP contribution < -0.4 is 4.18 Å². The molecule has 0 N–H and O–H groups in total. The highest BCUT2D eigenvalue weighted by molar-refractivity contribution is 7.87. The van der Waals surface area contributed by atoms with Gasteiger partial charge in [0.1, 0.15) is 4.90 Å². The van der Waals surface area contributed by atoms with Gasteiger partial charge in [0, 0.05) is 0 Å². The van der Waals surface area contributed by atoms with Gasteiger partial charge in [-0.3, -0.25) is 4.79 Å². The molecule has 1 atom stereocenters. The van der Waals surface area contributed by atoms with Gasteiger partial charge in [0.05, 0.1) is 5.56 Å². The molecule has 0 amide bonds. The summed E-state index contributed by atoms with van der Waals surface area (Å²) in [5.74, 6) is 0.340. The van der Waals surface area contributed by atoms with Gasteiger partial charge in [-0.05, 0) is 73.9 Å². The topological polar surface area (TPSA) is 60.4 Å². The Hall–Kier alpha value is -2.92. The van der Waals surface area contributed by atoms with Crippen LogP contribution in [0.2, 0.25) is 0 Å². The monoisotopic (exact) mass is 420 g/mol. The lowest BCUT2D eigenvalue weighted by Gasteiger charge is -2.27. The third kappa shape index (κ3) is 4.03. The van der Waals surface area contributed by atoms with Crippen LogP contribution in [-0.4, -0.2) is 14.2 Å². The Morgan fingerprint density at radius 2 is 1.67 bits per heavy atom. The predicted octanol–water partition coefficient (Wildman–Crippen LogP) is 5.24. The standard InChI is InChI=1S/C25H24O4S/c1-17-8-12-22(13-9-17)30(27,28)29-25-23(18(2)26)14-11-21-16-20(10-15-24(21)25)19-6-4-3-5-7-19/h3-9,11-14,20H,10,15-16H2,1-2H3/t20-/m1/s1. The zero-order valence-electron chi connectivity index (χ0n) is 17.1. The van der Waals surface area contributed by atoms with Gasteiger partial charge in [-0.15, -0.1) is 0 Å². The lowest BCUT2D eigenvalue weighted by Crippen LogP contribution is -2.18. The van der Waals surface area contributed by atoms with Gasteiger partial charge < -0.3 is 4.18 Å². The van der Waals surface area contributed by atoms with E-state index < -0.39 is 10.1 Å². The van der Waals surface area contributed by atoms with E-state index in [1.807, 2.05) is 31.2 Å². The highest BCUT2D eigenvalue weighted by atomic mass is 32.2. The predicted molar refractivity (Wildman–Crippen MR) is 117 cm³/mol. The van der Waals surface area contributed by atoms with Crippen LogP contribution in [0.25, 0.3) is 0 Å². The van der Waals surface area contributed by atoms with Crippen molar-refractivity contribution in [3.05, 3.63) is 94.5 Å². The molecule has 0 spiro atoms. The lowest BCUT2D eigenvalue weighted by atomic mass is 9.79. The minimum Gasteiger partial charge on any atom is -0.378 e. The molecule has 30 heavy (non-hydrogen) atoms. The molecule has 1 aliphatic carbocycles. The number of Topliss-reactive ketones (excluding diaryl/α,β-unsaturated/α-hetero) is 1. The molecule has 0 radical (unpaired) electrons. The van der Waals surface area contributed by atoms with Gasteiger partial charge in [-0.1, -0.05) is 54.1 Å². The normalized spacial score (nSPS) is 16.0. The summed E-state index contributed by atoms with van der Waals surface area (Å²) < 4.78 is 31.5. The second kappa shape index (κ2) is 8.07. The minimum absolute atomic E-state index is 0.0816. The summed E-state index contributed by atoms with van der Waals surface area (Å²) in [4.78, 5) is 12.3. The third-order valence-electron chi connectivity index (χ3n) is 5.72. The van der Waals surface area contributed by atoms with E-state index in [9.17, 15) is 13.2 Å². The third-order valence-corrected chi connectivity index (χ3v) is 6.96. The van der Waals surface area contributed by atoms with Gasteiger partial charge in [-0.2, -0.15) is 8.42 Å². The van der Waals surface area contributed by atoms with Crippen LogP contribution in [0.3, 0.4) is 0 Å². The van der Waals surface area contributed by atoms with Crippen molar-refractivity contribution >= 4 is 15.9 Å². The molecule has 0 heterocycles. The highest BCUT2D eigenvalue weighted by Crippen LogP contribution is 2.39. The Morgan fingerprint density at radius 3 is 2.33 bits per heavy atom. The highest BCUT2D eigenvalue weighted by Gasteiger charge is 2.28. The van der Waals surface area contributed by atoms with Crippen LogP contribution in [0.15, 0.2) is 71.6 Å². The van der Waals surface area contributed by atoms with Gasteiger partial charge in [-0.25, -0.2) is 0 Å². The molecule has 0 aromatic heterocycles. The van der Waals surface area contributed by atoms with Crippen molar-refractivity contribution < 1.29 is 17.4 Å². The molecule has 0 unspecified atom stereocenters. The molecule has 5 heteroatoms. The quantitative estimate of drug-likeness (QED) is 0.418. The first kappa shape index (κ1) is 20.4. The molecule has 3 aromatic rings. The van der Waals surface area contributed by atoms with Crippen molar-refractivity contribution in [3.63, 3.8) is 0 Å². The largest absolute Gasteiger partial charge is 0.378 e. The van der Waals surface area contributed by atoms with Crippen molar-refractivity contribution in [3.8, 4) is 5.75 Å². The average Bonchev–Trinajstić information content (AvgIpc) is 2.74. The van der Waals surface area contributed by atoms with Crippen molar-refractivity contribution in [2.45, 2.75) is 43.9 Å². The van der Waals surface area contributed by atoms with Crippen LogP contribution in [0.1, 0.15) is 51.9 Å². The molecule has 0 bridgehead atoms. The maximum absolute atomic E-state index is 12.9. The Bertz CT molecular complexity index is 1180. The first-order valence-corrected chi connectivity index (χ1v) is 11.5. The minimum atomic E-state index is -4.04. The Morgan fingerprint density at radius 1 is 0.967 bits per heavy atom. The van der Waals surface area contributed by atoms with Gasteiger partial charge in [0.15, 0.2) is 11.5 Å². The summed E-state index contributed by atoms with van der Waals surface area (Å²) >= 11 is 0. The Labute approximate surface area is 177 Å². The summed E-state index contributed by atoms with van der Waals surface area (Å²) in [5, 5.41) is 0. The van der Waals surface area contributed by atoms with Crippen LogP contribution in [0.5, 0.6) is 5.75 Å².